The molecule has 2 N–H and O–H groups in total. The highest BCUT2D eigenvalue weighted by Crippen LogP contribution is 2.23. The van der Waals surface area contributed by atoms with Gasteiger partial charge in [-0.25, -0.2) is 0 Å². The summed E-state index contributed by atoms with van der Waals surface area (Å²) in [6.07, 6.45) is 7.24. The maximum atomic E-state index is 6.15. The molecular weight excluding hydrogens is 305 g/mol. The van der Waals surface area contributed by atoms with Crippen molar-refractivity contribution in [2.75, 3.05) is 6.54 Å². The fraction of sp³-hybridized carbons (Fsp3) is 0.615. The first-order valence-electron chi connectivity index (χ1n) is 6.26. The number of rotatable bonds is 3. The normalized spacial score (nSPS) is 21.1. The molecule has 2 unspecified atom stereocenters. The maximum Gasteiger partial charge on any atom is 0.0634 e. The molecule has 19 heavy (non-hydrogen) atoms. The molecule has 3 nitrogen and oxygen atoms in total. The van der Waals surface area contributed by atoms with E-state index in [1.54, 1.807) is 12.4 Å². The number of hydrogen-bond donors (Lipinski definition) is 1. The predicted octanol–water partition coefficient (Wildman–Crippen LogP) is 3.28. The molecule has 110 valence electrons. The van der Waals surface area contributed by atoms with E-state index in [0.717, 1.165) is 23.7 Å². The van der Waals surface area contributed by atoms with E-state index in [0.29, 0.717) is 6.04 Å². The molecule has 1 aromatic rings. The van der Waals surface area contributed by atoms with Crippen LogP contribution in [-0.2, 0) is 6.54 Å². The fourth-order valence-electron chi connectivity index (χ4n) is 2.56. The standard InChI is InChI=1S/C13H20ClN3.2ClH/c1-10(15)13-4-2-3-7-17(13)9-11-5-6-16-8-12(11)14;;/h5-6,8,10,13H,2-4,7,9,15H2,1H3;2*1H. The molecule has 2 heterocycles. The Morgan fingerprint density at radius 3 is 2.84 bits per heavy atom. The summed E-state index contributed by atoms with van der Waals surface area (Å²) < 4.78 is 0. The summed E-state index contributed by atoms with van der Waals surface area (Å²) in [6.45, 7) is 4.09. The second-order valence-electron chi connectivity index (χ2n) is 4.86. The summed E-state index contributed by atoms with van der Waals surface area (Å²) in [5.41, 5.74) is 7.21. The van der Waals surface area contributed by atoms with Crippen LogP contribution in [0.5, 0.6) is 0 Å². The van der Waals surface area contributed by atoms with Gasteiger partial charge in [0.2, 0.25) is 0 Å². The van der Waals surface area contributed by atoms with Gasteiger partial charge in [0.25, 0.3) is 0 Å². The smallest absolute Gasteiger partial charge is 0.0634 e. The van der Waals surface area contributed by atoms with Crippen molar-refractivity contribution in [3.8, 4) is 0 Å². The van der Waals surface area contributed by atoms with Crippen molar-refractivity contribution >= 4 is 36.4 Å². The van der Waals surface area contributed by atoms with Gasteiger partial charge in [-0.15, -0.1) is 24.8 Å². The van der Waals surface area contributed by atoms with Crippen LogP contribution in [0.25, 0.3) is 0 Å². The van der Waals surface area contributed by atoms with Gasteiger partial charge in [0.15, 0.2) is 0 Å². The van der Waals surface area contributed by atoms with Crippen molar-refractivity contribution in [2.24, 2.45) is 5.73 Å². The lowest BCUT2D eigenvalue weighted by Gasteiger charge is -2.38. The molecule has 1 fully saturated rings. The van der Waals surface area contributed by atoms with Crippen molar-refractivity contribution < 1.29 is 0 Å². The minimum atomic E-state index is 0. The second kappa shape index (κ2) is 8.98. The molecule has 0 radical (unpaired) electrons. The zero-order valence-electron chi connectivity index (χ0n) is 11.1. The predicted molar refractivity (Wildman–Crippen MR) is 85.4 cm³/mol. The highest BCUT2D eigenvalue weighted by Gasteiger charge is 2.25. The maximum absolute atomic E-state index is 6.15. The quantitative estimate of drug-likeness (QED) is 0.927. The van der Waals surface area contributed by atoms with Crippen LogP contribution in [0, 0.1) is 0 Å². The Morgan fingerprint density at radius 2 is 2.21 bits per heavy atom. The number of nitrogens with zero attached hydrogens (tertiary/aromatic N) is 2. The number of halogens is 3. The van der Waals surface area contributed by atoms with Crippen molar-refractivity contribution in [1.82, 2.24) is 9.88 Å². The number of likely N-dealkylation sites (tertiary alicyclic amines) is 1. The van der Waals surface area contributed by atoms with Crippen LogP contribution in [0.15, 0.2) is 18.5 Å². The molecule has 1 saturated heterocycles. The first kappa shape index (κ1) is 18.9. The molecule has 6 heteroatoms. The van der Waals surface area contributed by atoms with Crippen molar-refractivity contribution in [3.63, 3.8) is 0 Å². The lowest BCUT2D eigenvalue weighted by atomic mass is 9.96. The van der Waals surface area contributed by atoms with E-state index < -0.39 is 0 Å². The van der Waals surface area contributed by atoms with Gasteiger partial charge < -0.3 is 5.73 Å². The molecule has 1 aromatic heterocycles. The van der Waals surface area contributed by atoms with E-state index in [-0.39, 0.29) is 30.9 Å². The summed E-state index contributed by atoms with van der Waals surface area (Å²) in [6, 6.07) is 2.69. The summed E-state index contributed by atoms with van der Waals surface area (Å²) in [5, 5.41) is 0.751. The SMILES string of the molecule is CC(N)C1CCCCN1Cc1ccncc1Cl.Cl.Cl. The van der Waals surface area contributed by atoms with Gasteiger partial charge in [-0.1, -0.05) is 18.0 Å². The average Bonchev–Trinajstić information content (AvgIpc) is 2.32. The van der Waals surface area contributed by atoms with Gasteiger partial charge >= 0.3 is 0 Å². The zero-order valence-corrected chi connectivity index (χ0v) is 13.5. The monoisotopic (exact) mass is 325 g/mol. The van der Waals surface area contributed by atoms with E-state index in [9.17, 15) is 0 Å². The van der Waals surface area contributed by atoms with Crippen LogP contribution in [0.4, 0.5) is 0 Å². The first-order chi connectivity index (χ1) is 8.18. The third kappa shape index (κ3) is 5.09. The van der Waals surface area contributed by atoms with Crippen LogP contribution in [-0.4, -0.2) is 28.5 Å². The van der Waals surface area contributed by atoms with Gasteiger partial charge in [0, 0.05) is 31.0 Å². The van der Waals surface area contributed by atoms with E-state index >= 15 is 0 Å². The second-order valence-corrected chi connectivity index (χ2v) is 5.27. The minimum Gasteiger partial charge on any atom is -0.327 e. The molecule has 2 atom stereocenters. The lowest BCUT2D eigenvalue weighted by molar-refractivity contribution is 0.123. The van der Waals surface area contributed by atoms with E-state index in [2.05, 4.69) is 16.8 Å². The van der Waals surface area contributed by atoms with Crippen LogP contribution >= 0.6 is 36.4 Å². The van der Waals surface area contributed by atoms with Crippen LogP contribution < -0.4 is 5.73 Å². The Bertz CT molecular complexity index is 374. The molecule has 0 aromatic carbocycles. The minimum absolute atomic E-state index is 0. The largest absolute Gasteiger partial charge is 0.327 e. The van der Waals surface area contributed by atoms with Gasteiger partial charge in [-0.2, -0.15) is 0 Å². The Balaban J connectivity index is 0.00000162. The van der Waals surface area contributed by atoms with Crippen molar-refractivity contribution in [3.05, 3.63) is 29.0 Å². The summed E-state index contributed by atoms with van der Waals surface area (Å²) >= 11 is 6.15. The topological polar surface area (TPSA) is 42.1 Å². The number of pyridine rings is 1. The molecule has 1 aliphatic rings. The Hall–Kier alpha value is -0.0600. The Labute approximate surface area is 132 Å². The molecule has 0 bridgehead atoms. The lowest BCUT2D eigenvalue weighted by Crippen LogP contribution is -2.48. The van der Waals surface area contributed by atoms with Crippen molar-refractivity contribution in [2.45, 2.75) is 44.8 Å². The molecule has 0 amide bonds. The Kier molecular flexibility index (Phi) is 8.95. The molecule has 0 spiro atoms. The fourth-order valence-corrected chi connectivity index (χ4v) is 2.74. The zero-order chi connectivity index (χ0) is 12.3. The van der Waals surface area contributed by atoms with Gasteiger partial charge in [-0.05, 0) is 37.9 Å². The van der Waals surface area contributed by atoms with Crippen molar-refractivity contribution in [1.29, 1.82) is 0 Å². The number of nitrogens with two attached hydrogens (primary N) is 1. The summed E-state index contributed by atoms with van der Waals surface area (Å²) in [5.74, 6) is 0. The molecule has 0 aliphatic carbocycles. The number of hydrogen-bond acceptors (Lipinski definition) is 3. The summed E-state index contributed by atoms with van der Waals surface area (Å²) in [7, 11) is 0. The van der Waals surface area contributed by atoms with E-state index in [4.69, 9.17) is 17.3 Å². The highest BCUT2D eigenvalue weighted by atomic mass is 35.5. The summed E-state index contributed by atoms with van der Waals surface area (Å²) in [4.78, 5) is 6.47. The molecule has 2 rings (SSSR count). The van der Waals surface area contributed by atoms with E-state index in [1.165, 1.54) is 19.3 Å². The third-order valence-corrected chi connectivity index (χ3v) is 3.84. The number of piperidine rings is 1. The van der Waals surface area contributed by atoms with Crippen LogP contribution in [0.1, 0.15) is 31.7 Å². The Morgan fingerprint density at radius 1 is 1.47 bits per heavy atom. The van der Waals surface area contributed by atoms with Crippen LogP contribution in [0.3, 0.4) is 0 Å². The third-order valence-electron chi connectivity index (χ3n) is 3.50. The van der Waals surface area contributed by atoms with E-state index in [1.807, 2.05) is 6.07 Å². The van der Waals surface area contributed by atoms with Gasteiger partial charge in [0.1, 0.15) is 0 Å². The van der Waals surface area contributed by atoms with Gasteiger partial charge in [0.05, 0.1) is 5.02 Å². The van der Waals surface area contributed by atoms with Crippen LogP contribution in [0.2, 0.25) is 5.02 Å². The molecule has 1 aliphatic heterocycles. The number of aromatic nitrogens is 1. The molecular formula is C13H22Cl3N3. The molecule has 0 saturated carbocycles. The average molecular weight is 327 g/mol. The highest BCUT2D eigenvalue weighted by molar-refractivity contribution is 6.31. The van der Waals surface area contributed by atoms with Gasteiger partial charge in [-0.3, -0.25) is 9.88 Å². The first-order valence-corrected chi connectivity index (χ1v) is 6.64.